The van der Waals surface area contributed by atoms with Gasteiger partial charge in [-0.25, -0.2) is 0 Å². The Labute approximate surface area is 215 Å². The van der Waals surface area contributed by atoms with Crippen molar-refractivity contribution >= 4 is 15.9 Å². The second kappa shape index (κ2) is 13.6. The molecule has 1 aliphatic heterocycles. The van der Waals surface area contributed by atoms with E-state index in [9.17, 15) is 0 Å². The number of halogens is 1. The normalized spacial score (nSPS) is 22.3. The van der Waals surface area contributed by atoms with Crippen LogP contribution in [0.5, 0.6) is 0 Å². The summed E-state index contributed by atoms with van der Waals surface area (Å²) in [5.74, 6) is 0. The van der Waals surface area contributed by atoms with Crippen molar-refractivity contribution in [3.8, 4) is 0 Å². The van der Waals surface area contributed by atoms with E-state index in [4.69, 9.17) is 23.7 Å². The maximum absolute atomic E-state index is 6.45. The van der Waals surface area contributed by atoms with Crippen LogP contribution in [0.4, 0.5) is 0 Å². The molecule has 0 amide bonds. The van der Waals surface area contributed by atoms with Crippen LogP contribution in [0.2, 0.25) is 0 Å². The lowest BCUT2D eigenvalue weighted by molar-refractivity contribution is -0.0896. The van der Waals surface area contributed by atoms with Gasteiger partial charge >= 0.3 is 0 Å². The molecule has 4 rings (SSSR count). The van der Waals surface area contributed by atoms with Crippen LogP contribution >= 0.6 is 15.9 Å². The lowest BCUT2D eigenvalue weighted by Gasteiger charge is -2.25. The predicted molar refractivity (Wildman–Crippen MR) is 139 cm³/mol. The summed E-state index contributed by atoms with van der Waals surface area (Å²) in [6.07, 6.45) is 0.239. The summed E-state index contributed by atoms with van der Waals surface area (Å²) >= 11 is 3.62. The highest BCUT2D eigenvalue weighted by molar-refractivity contribution is 9.11. The molecule has 6 heteroatoms. The second-order valence-electron chi connectivity index (χ2n) is 8.36. The van der Waals surface area contributed by atoms with Gasteiger partial charge in [-0.2, -0.15) is 0 Å². The Kier molecular flexibility index (Phi) is 9.93. The molecule has 184 valence electrons. The molecule has 1 heterocycles. The minimum absolute atomic E-state index is 0.314. The highest BCUT2D eigenvalue weighted by Crippen LogP contribution is 2.34. The Balaban J connectivity index is 1.51. The Hall–Kier alpha value is -2.48. The van der Waals surface area contributed by atoms with E-state index in [0.717, 1.165) is 21.2 Å². The zero-order valence-corrected chi connectivity index (χ0v) is 21.4. The fourth-order valence-corrected chi connectivity index (χ4v) is 4.60. The molecule has 0 radical (unpaired) electrons. The molecular formula is C29H31BrO5. The molecule has 0 aromatic heterocycles. The van der Waals surface area contributed by atoms with Gasteiger partial charge in [0.2, 0.25) is 0 Å². The molecule has 0 bridgehead atoms. The molecule has 35 heavy (non-hydrogen) atoms. The van der Waals surface area contributed by atoms with Crippen molar-refractivity contribution in [1.29, 1.82) is 0 Å². The molecule has 0 N–H and O–H groups in total. The van der Waals surface area contributed by atoms with Gasteiger partial charge in [-0.05, 0) is 32.6 Å². The summed E-state index contributed by atoms with van der Waals surface area (Å²) in [4.78, 5) is 0. The molecule has 1 unspecified atom stereocenters. The monoisotopic (exact) mass is 538 g/mol. The highest BCUT2D eigenvalue weighted by Gasteiger charge is 2.47. The maximum Gasteiger partial charge on any atom is 0.121 e. The zero-order valence-electron chi connectivity index (χ0n) is 19.8. The van der Waals surface area contributed by atoms with Crippen LogP contribution in [0.1, 0.15) is 16.7 Å². The minimum atomic E-state index is -0.384. The van der Waals surface area contributed by atoms with E-state index in [0.29, 0.717) is 26.4 Å². The molecule has 0 aliphatic carbocycles. The van der Waals surface area contributed by atoms with Crippen molar-refractivity contribution in [2.75, 3.05) is 13.7 Å². The predicted octanol–water partition coefficient (Wildman–Crippen LogP) is 6.02. The molecular weight excluding hydrogens is 508 g/mol. The average Bonchev–Trinajstić information content (AvgIpc) is 3.25. The first kappa shape index (κ1) is 25.6. The number of rotatable bonds is 12. The van der Waals surface area contributed by atoms with E-state index in [1.807, 2.05) is 78.9 Å². The third kappa shape index (κ3) is 7.50. The van der Waals surface area contributed by atoms with E-state index < -0.39 is 0 Å². The Morgan fingerprint density at radius 1 is 0.743 bits per heavy atom. The van der Waals surface area contributed by atoms with Gasteiger partial charge in [0.15, 0.2) is 0 Å². The van der Waals surface area contributed by atoms with Gasteiger partial charge in [-0.1, -0.05) is 91.0 Å². The van der Waals surface area contributed by atoms with Crippen molar-refractivity contribution in [3.63, 3.8) is 0 Å². The largest absolute Gasteiger partial charge is 0.503 e. The van der Waals surface area contributed by atoms with Crippen molar-refractivity contribution < 1.29 is 23.7 Å². The molecule has 1 aliphatic rings. The average molecular weight is 539 g/mol. The van der Waals surface area contributed by atoms with Crippen LogP contribution in [-0.2, 0) is 43.5 Å². The third-order valence-corrected chi connectivity index (χ3v) is 6.41. The number of benzene rings is 3. The molecule has 1 fully saturated rings. The van der Waals surface area contributed by atoms with E-state index in [1.165, 1.54) is 0 Å². The summed E-state index contributed by atoms with van der Waals surface area (Å²) < 4.78 is 31.4. The fraction of sp³-hybridized carbons (Fsp3) is 0.310. The first-order chi connectivity index (χ1) is 17.2. The Morgan fingerprint density at radius 3 is 1.74 bits per heavy atom. The van der Waals surface area contributed by atoms with Gasteiger partial charge in [0.05, 0.1) is 44.3 Å². The SMILES string of the molecule is CO/C=C(/Br)C1O[C@H](COCc2ccccc2)[C@@H](OCc2ccccc2)[C@@H]1OCc1ccccc1. The quantitative estimate of drug-likeness (QED) is 0.263. The van der Waals surface area contributed by atoms with Crippen LogP contribution in [0, 0.1) is 0 Å². The van der Waals surface area contributed by atoms with Gasteiger partial charge < -0.3 is 23.7 Å². The van der Waals surface area contributed by atoms with Gasteiger partial charge in [-0.3, -0.25) is 0 Å². The van der Waals surface area contributed by atoms with Crippen LogP contribution in [0.3, 0.4) is 0 Å². The summed E-state index contributed by atoms with van der Waals surface area (Å²) in [6, 6.07) is 30.3. The van der Waals surface area contributed by atoms with Crippen molar-refractivity contribution in [2.24, 2.45) is 0 Å². The van der Waals surface area contributed by atoms with Gasteiger partial charge in [0.25, 0.3) is 0 Å². The summed E-state index contributed by atoms with van der Waals surface area (Å²) in [7, 11) is 1.61. The van der Waals surface area contributed by atoms with Crippen molar-refractivity contribution in [1.82, 2.24) is 0 Å². The van der Waals surface area contributed by atoms with Crippen LogP contribution in [0.25, 0.3) is 0 Å². The summed E-state index contributed by atoms with van der Waals surface area (Å²) in [5.41, 5.74) is 3.29. The lowest BCUT2D eigenvalue weighted by Crippen LogP contribution is -2.39. The first-order valence-electron chi connectivity index (χ1n) is 11.7. The fourth-order valence-electron chi connectivity index (χ4n) is 4.05. The first-order valence-corrected chi connectivity index (χ1v) is 12.5. The highest BCUT2D eigenvalue weighted by atomic mass is 79.9. The Bertz CT molecular complexity index is 1030. The molecule has 4 atom stereocenters. The van der Waals surface area contributed by atoms with Crippen LogP contribution in [0.15, 0.2) is 102 Å². The number of hydrogen-bond acceptors (Lipinski definition) is 5. The third-order valence-electron chi connectivity index (χ3n) is 5.78. The van der Waals surface area contributed by atoms with Crippen molar-refractivity contribution in [2.45, 2.75) is 44.2 Å². The van der Waals surface area contributed by atoms with Crippen molar-refractivity contribution in [3.05, 3.63) is 118 Å². The molecule has 3 aromatic rings. The lowest BCUT2D eigenvalue weighted by atomic mass is 10.1. The number of ether oxygens (including phenoxy) is 5. The van der Waals surface area contributed by atoms with Gasteiger partial charge in [0.1, 0.15) is 24.4 Å². The van der Waals surface area contributed by atoms with E-state index in [2.05, 4.69) is 28.1 Å². The van der Waals surface area contributed by atoms with E-state index >= 15 is 0 Å². The summed E-state index contributed by atoms with van der Waals surface area (Å²) in [6.45, 7) is 1.78. The molecule has 3 aromatic carbocycles. The summed E-state index contributed by atoms with van der Waals surface area (Å²) in [5, 5.41) is 0. The standard InChI is InChI=1S/C29H31BrO5/c1-31-20-25(30)27-29(34-19-24-15-9-4-10-16-24)28(33-18-23-13-7-3-8-14-23)26(35-27)21-32-17-22-11-5-2-6-12-22/h2-16,20,26-29H,17-19,21H2,1H3/b25-20+/t26-,27?,28-,29-/m1/s1. The minimum Gasteiger partial charge on any atom is -0.503 e. The zero-order chi connectivity index (χ0) is 24.3. The van der Waals surface area contributed by atoms with Gasteiger partial charge in [-0.15, -0.1) is 0 Å². The molecule has 0 saturated carbocycles. The van der Waals surface area contributed by atoms with Crippen LogP contribution in [-0.4, -0.2) is 38.1 Å². The molecule has 1 saturated heterocycles. The molecule has 5 nitrogen and oxygen atoms in total. The molecule has 0 spiro atoms. The smallest absolute Gasteiger partial charge is 0.121 e. The van der Waals surface area contributed by atoms with E-state index in [1.54, 1.807) is 13.4 Å². The topological polar surface area (TPSA) is 46.2 Å². The van der Waals surface area contributed by atoms with Crippen LogP contribution < -0.4 is 0 Å². The van der Waals surface area contributed by atoms with E-state index in [-0.39, 0.29) is 24.4 Å². The maximum atomic E-state index is 6.45. The second-order valence-corrected chi connectivity index (χ2v) is 9.27. The number of methoxy groups -OCH3 is 1. The Morgan fingerprint density at radius 2 is 1.23 bits per heavy atom. The van der Waals surface area contributed by atoms with Gasteiger partial charge in [0, 0.05) is 0 Å². The number of hydrogen-bond donors (Lipinski definition) is 0.